The molecule has 1 fully saturated rings. The third-order valence-electron chi connectivity index (χ3n) is 6.84. The second-order valence-corrected chi connectivity index (χ2v) is 9.45. The Labute approximate surface area is 208 Å². The fourth-order valence-corrected chi connectivity index (χ4v) is 4.98. The van der Waals surface area contributed by atoms with E-state index < -0.39 is 0 Å². The van der Waals surface area contributed by atoms with Crippen LogP contribution in [-0.2, 0) is 17.9 Å². The number of amides is 1. The zero-order chi connectivity index (χ0) is 24.8. The summed E-state index contributed by atoms with van der Waals surface area (Å²) in [6.07, 6.45) is 3.60. The maximum absolute atomic E-state index is 12.6. The lowest BCUT2D eigenvalue weighted by Gasteiger charge is -2.28. The number of aromatic nitrogens is 1. The van der Waals surface area contributed by atoms with Gasteiger partial charge in [0.2, 0.25) is 5.91 Å². The lowest BCUT2D eigenvalue weighted by atomic mass is 9.88. The zero-order valence-electron chi connectivity index (χ0n) is 21.1. The number of likely N-dealkylation sites (tertiary alicyclic amines) is 1. The molecule has 0 radical (unpaired) electrons. The van der Waals surface area contributed by atoms with Crippen LogP contribution in [0.1, 0.15) is 35.1 Å². The van der Waals surface area contributed by atoms with E-state index in [0.29, 0.717) is 24.9 Å². The average Bonchev–Trinajstić information content (AvgIpc) is 3.26. The van der Waals surface area contributed by atoms with E-state index in [4.69, 9.17) is 9.47 Å². The Hall–Kier alpha value is -3.38. The van der Waals surface area contributed by atoms with Crippen molar-refractivity contribution in [2.24, 2.45) is 5.92 Å². The molecular formula is C29H35N3O3. The second kappa shape index (κ2) is 11.4. The lowest BCUT2D eigenvalue weighted by Crippen LogP contribution is -2.35. The van der Waals surface area contributed by atoms with Crippen LogP contribution in [-0.4, -0.2) is 54.5 Å². The molecule has 1 amide bonds. The molecule has 0 saturated carbocycles. The molecule has 6 nitrogen and oxygen atoms in total. The van der Waals surface area contributed by atoms with Gasteiger partial charge in [-0.1, -0.05) is 35.9 Å². The molecule has 1 aromatic heterocycles. The molecule has 4 rings (SSSR count). The van der Waals surface area contributed by atoms with Crippen molar-refractivity contribution in [3.63, 3.8) is 0 Å². The van der Waals surface area contributed by atoms with Crippen molar-refractivity contribution in [3.05, 3.63) is 89.2 Å². The molecule has 0 aliphatic carbocycles. The van der Waals surface area contributed by atoms with E-state index in [2.05, 4.69) is 53.2 Å². The van der Waals surface area contributed by atoms with Crippen LogP contribution in [0.15, 0.2) is 67.0 Å². The van der Waals surface area contributed by atoms with Crippen LogP contribution in [0.3, 0.4) is 0 Å². The second-order valence-electron chi connectivity index (χ2n) is 9.45. The van der Waals surface area contributed by atoms with Gasteiger partial charge in [0.1, 0.15) is 11.5 Å². The van der Waals surface area contributed by atoms with E-state index in [1.807, 2.05) is 29.3 Å². The quantitative estimate of drug-likeness (QED) is 0.452. The molecule has 0 bridgehead atoms. The fraction of sp³-hybridized carbons (Fsp3) is 0.379. The van der Waals surface area contributed by atoms with E-state index in [1.165, 1.54) is 11.1 Å². The van der Waals surface area contributed by atoms with Crippen LogP contribution in [0.25, 0.3) is 0 Å². The first-order valence-corrected chi connectivity index (χ1v) is 12.1. The molecule has 3 aromatic rings. The number of carbonyl (C=O) groups is 1. The van der Waals surface area contributed by atoms with E-state index in [0.717, 1.165) is 42.3 Å². The van der Waals surface area contributed by atoms with Crippen LogP contribution in [0, 0.1) is 12.8 Å². The summed E-state index contributed by atoms with van der Waals surface area (Å²) in [7, 11) is 3.35. The topological polar surface area (TPSA) is 54.9 Å². The Balaban J connectivity index is 1.56. The largest absolute Gasteiger partial charge is 0.497 e. The number of rotatable bonds is 9. The van der Waals surface area contributed by atoms with E-state index in [9.17, 15) is 4.79 Å². The summed E-state index contributed by atoms with van der Waals surface area (Å²) < 4.78 is 10.9. The molecule has 1 saturated heterocycles. The van der Waals surface area contributed by atoms with Crippen molar-refractivity contribution in [2.45, 2.75) is 32.9 Å². The molecule has 35 heavy (non-hydrogen) atoms. The Morgan fingerprint density at radius 1 is 1.03 bits per heavy atom. The number of benzene rings is 2. The maximum atomic E-state index is 12.6. The van der Waals surface area contributed by atoms with Crippen molar-refractivity contribution in [2.75, 3.05) is 33.9 Å². The van der Waals surface area contributed by atoms with E-state index >= 15 is 0 Å². The molecular weight excluding hydrogens is 438 g/mol. The van der Waals surface area contributed by atoms with Crippen molar-refractivity contribution in [3.8, 4) is 11.5 Å². The highest BCUT2D eigenvalue weighted by molar-refractivity contribution is 5.73. The molecule has 2 atom stereocenters. The van der Waals surface area contributed by atoms with E-state index in [1.54, 1.807) is 27.3 Å². The summed E-state index contributed by atoms with van der Waals surface area (Å²) in [6.45, 7) is 7.71. The Morgan fingerprint density at radius 2 is 1.74 bits per heavy atom. The SMILES string of the molecule is COc1cc(CN2CC(CN(Cc3cccnc3)C(C)=O)C(c3ccc(C)cc3)C2)cc(OC)c1. The summed E-state index contributed by atoms with van der Waals surface area (Å²) in [5, 5.41) is 0. The first-order chi connectivity index (χ1) is 16.9. The van der Waals surface area contributed by atoms with Gasteiger partial charge in [0.25, 0.3) is 0 Å². The smallest absolute Gasteiger partial charge is 0.219 e. The number of hydrogen-bond acceptors (Lipinski definition) is 5. The minimum Gasteiger partial charge on any atom is -0.497 e. The molecule has 1 aliphatic rings. The highest BCUT2D eigenvalue weighted by Crippen LogP contribution is 2.35. The monoisotopic (exact) mass is 473 g/mol. The van der Waals surface area contributed by atoms with Gasteiger partial charge in [0.15, 0.2) is 0 Å². The number of pyridine rings is 1. The third kappa shape index (κ3) is 6.40. The Bertz CT molecular complexity index is 1100. The van der Waals surface area contributed by atoms with Gasteiger partial charge in [-0.15, -0.1) is 0 Å². The Morgan fingerprint density at radius 3 is 2.34 bits per heavy atom. The predicted molar refractivity (Wildman–Crippen MR) is 138 cm³/mol. The number of carbonyl (C=O) groups excluding carboxylic acids is 1. The lowest BCUT2D eigenvalue weighted by molar-refractivity contribution is -0.130. The van der Waals surface area contributed by atoms with E-state index in [-0.39, 0.29) is 5.91 Å². The van der Waals surface area contributed by atoms with Gasteiger partial charge in [-0.2, -0.15) is 0 Å². The number of aryl methyl sites for hydroxylation is 1. The maximum Gasteiger partial charge on any atom is 0.219 e. The van der Waals surface area contributed by atoms with Crippen LogP contribution in [0.5, 0.6) is 11.5 Å². The highest BCUT2D eigenvalue weighted by Gasteiger charge is 2.35. The summed E-state index contributed by atoms with van der Waals surface area (Å²) in [5.74, 6) is 2.35. The predicted octanol–water partition coefficient (Wildman–Crippen LogP) is 4.67. The van der Waals surface area contributed by atoms with Crippen molar-refractivity contribution < 1.29 is 14.3 Å². The number of nitrogens with zero attached hydrogens (tertiary/aromatic N) is 3. The highest BCUT2D eigenvalue weighted by atomic mass is 16.5. The molecule has 2 aromatic carbocycles. The summed E-state index contributed by atoms with van der Waals surface area (Å²) in [5.41, 5.74) is 4.79. The zero-order valence-corrected chi connectivity index (χ0v) is 21.1. The molecule has 2 unspecified atom stereocenters. The number of ether oxygens (including phenoxy) is 2. The summed E-state index contributed by atoms with van der Waals surface area (Å²) >= 11 is 0. The van der Waals surface area contributed by atoms with Crippen LogP contribution in [0.4, 0.5) is 0 Å². The number of hydrogen-bond donors (Lipinski definition) is 0. The van der Waals surface area contributed by atoms with Crippen LogP contribution in [0.2, 0.25) is 0 Å². The third-order valence-corrected chi connectivity index (χ3v) is 6.84. The van der Waals surface area contributed by atoms with Crippen molar-refractivity contribution in [1.29, 1.82) is 0 Å². The van der Waals surface area contributed by atoms with Gasteiger partial charge in [-0.3, -0.25) is 14.7 Å². The molecule has 184 valence electrons. The summed E-state index contributed by atoms with van der Waals surface area (Å²) in [6, 6.07) is 18.8. The minimum atomic E-state index is 0.0903. The van der Waals surface area contributed by atoms with Gasteiger partial charge in [-0.05, 0) is 47.7 Å². The van der Waals surface area contributed by atoms with Crippen molar-refractivity contribution in [1.82, 2.24) is 14.8 Å². The number of methoxy groups -OCH3 is 2. The van der Waals surface area contributed by atoms with Gasteiger partial charge in [0, 0.05) is 64.0 Å². The Kier molecular flexibility index (Phi) is 8.03. The molecule has 6 heteroatoms. The first kappa shape index (κ1) is 24.7. The fourth-order valence-electron chi connectivity index (χ4n) is 4.98. The first-order valence-electron chi connectivity index (χ1n) is 12.1. The van der Waals surface area contributed by atoms with Crippen molar-refractivity contribution >= 4 is 5.91 Å². The average molecular weight is 474 g/mol. The van der Waals surface area contributed by atoms with Crippen LogP contribution >= 0.6 is 0 Å². The summed E-state index contributed by atoms with van der Waals surface area (Å²) in [4.78, 5) is 21.3. The van der Waals surface area contributed by atoms with Gasteiger partial charge < -0.3 is 14.4 Å². The normalized spacial score (nSPS) is 17.8. The minimum absolute atomic E-state index is 0.0903. The molecule has 0 spiro atoms. The van der Waals surface area contributed by atoms with Gasteiger partial charge in [0.05, 0.1) is 14.2 Å². The van der Waals surface area contributed by atoms with Gasteiger partial charge >= 0.3 is 0 Å². The van der Waals surface area contributed by atoms with Crippen LogP contribution < -0.4 is 9.47 Å². The molecule has 0 N–H and O–H groups in total. The van der Waals surface area contributed by atoms with Gasteiger partial charge in [-0.25, -0.2) is 0 Å². The molecule has 1 aliphatic heterocycles. The molecule has 2 heterocycles. The standard InChI is InChI=1S/C29H35N3O3/c1-21-7-9-25(10-8-21)29-20-31(16-24-12-27(34-3)14-28(13-24)35-4)18-26(29)19-32(22(2)33)17-23-6-5-11-30-15-23/h5-15,26,29H,16-20H2,1-4H3.